The second-order valence-corrected chi connectivity index (χ2v) is 6.74. The number of nitrogens with one attached hydrogen (secondary N) is 2. The van der Waals surface area contributed by atoms with Crippen molar-refractivity contribution in [2.24, 2.45) is 0 Å². The highest BCUT2D eigenvalue weighted by atomic mass is 32.1. The van der Waals surface area contributed by atoms with Crippen molar-refractivity contribution in [3.8, 4) is 0 Å². The molecule has 134 valence electrons. The second-order valence-electron chi connectivity index (χ2n) is 4.77. The van der Waals surface area contributed by atoms with Gasteiger partial charge in [0, 0.05) is 23.9 Å². The van der Waals surface area contributed by atoms with Crippen molar-refractivity contribution in [1.82, 2.24) is 15.6 Å². The Balaban J connectivity index is 1.65. The molecule has 0 aliphatic rings. The normalized spacial score (nSPS) is 10.3. The SMILES string of the molecule is COCc1nc(C(=O)OCC(=O)NC(=O)NCCc2cccs2)cs1. The van der Waals surface area contributed by atoms with Gasteiger partial charge in [0.1, 0.15) is 5.01 Å². The van der Waals surface area contributed by atoms with Gasteiger partial charge in [0.25, 0.3) is 5.91 Å². The van der Waals surface area contributed by atoms with E-state index in [0.717, 1.165) is 4.88 Å². The number of hydrogen-bond donors (Lipinski definition) is 2. The Morgan fingerprint density at radius 3 is 2.84 bits per heavy atom. The minimum absolute atomic E-state index is 0.102. The van der Waals surface area contributed by atoms with E-state index in [9.17, 15) is 14.4 Å². The molecular formula is C15H17N3O5S2. The molecule has 0 saturated carbocycles. The maximum Gasteiger partial charge on any atom is 0.358 e. The summed E-state index contributed by atoms with van der Waals surface area (Å²) >= 11 is 2.85. The van der Waals surface area contributed by atoms with Gasteiger partial charge < -0.3 is 14.8 Å². The van der Waals surface area contributed by atoms with E-state index in [-0.39, 0.29) is 5.69 Å². The number of rotatable bonds is 8. The molecule has 8 nitrogen and oxygen atoms in total. The van der Waals surface area contributed by atoms with Crippen molar-refractivity contribution in [2.45, 2.75) is 13.0 Å². The molecule has 2 aromatic rings. The molecule has 0 unspecified atom stereocenters. The van der Waals surface area contributed by atoms with Crippen molar-refractivity contribution >= 4 is 40.6 Å². The predicted octanol–water partition coefficient (Wildman–Crippen LogP) is 1.58. The molecule has 10 heteroatoms. The molecule has 0 bridgehead atoms. The first kappa shape index (κ1) is 19.0. The average Bonchev–Trinajstić information content (AvgIpc) is 3.25. The molecule has 0 aromatic carbocycles. The maximum absolute atomic E-state index is 11.8. The number of nitrogens with zero attached hydrogens (tertiary/aromatic N) is 1. The number of carbonyl (C=O) groups excluding carboxylic acids is 3. The van der Waals surface area contributed by atoms with Crippen LogP contribution in [0.1, 0.15) is 20.4 Å². The number of imide groups is 1. The molecular weight excluding hydrogens is 366 g/mol. The van der Waals surface area contributed by atoms with E-state index in [1.807, 2.05) is 17.5 Å². The number of thiazole rings is 1. The molecule has 0 saturated heterocycles. The smallest absolute Gasteiger partial charge is 0.358 e. The van der Waals surface area contributed by atoms with Gasteiger partial charge in [0.05, 0.1) is 6.61 Å². The van der Waals surface area contributed by atoms with Gasteiger partial charge in [-0.05, 0) is 17.9 Å². The Hall–Kier alpha value is -2.30. The molecule has 25 heavy (non-hydrogen) atoms. The lowest BCUT2D eigenvalue weighted by molar-refractivity contribution is -0.123. The molecule has 0 fully saturated rings. The minimum Gasteiger partial charge on any atom is -0.451 e. The van der Waals surface area contributed by atoms with Crippen molar-refractivity contribution < 1.29 is 23.9 Å². The van der Waals surface area contributed by atoms with E-state index in [1.165, 1.54) is 23.8 Å². The molecule has 2 rings (SSSR count). The maximum atomic E-state index is 11.8. The van der Waals surface area contributed by atoms with E-state index in [2.05, 4.69) is 15.6 Å². The fourth-order valence-corrected chi connectivity index (χ4v) is 3.20. The number of urea groups is 1. The van der Waals surface area contributed by atoms with Gasteiger partial charge >= 0.3 is 12.0 Å². The third kappa shape index (κ3) is 6.61. The first-order valence-electron chi connectivity index (χ1n) is 7.29. The van der Waals surface area contributed by atoms with Gasteiger partial charge in [-0.15, -0.1) is 22.7 Å². The number of carbonyl (C=O) groups is 3. The average molecular weight is 383 g/mol. The van der Waals surface area contributed by atoms with E-state index < -0.39 is 24.5 Å². The summed E-state index contributed by atoms with van der Waals surface area (Å²) in [7, 11) is 1.52. The summed E-state index contributed by atoms with van der Waals surface area (Å²) in [5.74, 6) is -1.44. The summed E-state index contributed by atoms with van der Waals surface area (Å²) in [4.78, 5) is 40.1. The van der Waals surface area contributed by atoms with Crippen LogP contribution in [-0.4, -0.2) is 43.2 Å². The van der Waals surface area contributed by atoms with Crippen LogP contribution in [0.15, 0.2) is 22.9 Å². The number of amides is 3. The third-order valence-corrected chi connectivity index (χ3v) is 4.61. The Kier molecular flexibility index (Phi) is 7.51. The zero-order valence-corrected chi connectivity index (χ0v) is 15.1. The number of thiophene rings is 1. The Labute approximate surface area is 152 Å². The summed E-state index contributed by atoms with van der Waals surface area (Å²) in [5, 5.41) is 8.75. The van der Waals surface area contributed by atoms with Crippen molar-refractivity contribution in [1.29, 1.82) is 0 Å². The van der Waals surface area contributed by atoms with Gasteiger partial charge in [-0.1, -0.05) is 6.07 Å². The van der Waals surface area contributed by atoms with Crippen LogP contribution < -0.4 is 10.6 Å². The zero-order valence-electron chi connectivity index (χ0n) is 13.4. The fraction of sp³-hybridized carbons (Fsp3) is 0.333. The second kappa shape index (κ2) is 9.87. The lowest BCUT2D eigenvalue weighted by Gasteiger charge is -2.06. The molecule has 0 radical (unpaired) electrons. The quantitative estimate of drug-likeness (QED) is 0.670. The van der Waals surface area contributed by atoms with Crippen molar-refractivity contribution in [3.63, 3.8) is 0 Å². The van der Waals surface area contributed by atoms with E-state index in [1.54, 1.807) is 11.3 Å². The fourth-order valence-electron chi connectivity index (χ4n) is 1.76. The van der Waals surface area contributed by atoms with E-state index in [4.69, 9.17) is 9.47 Å². The highest BCUT2D eigenvalue weighted by Gasteiger charge is 2.15. The third-order valence-electron chi connectivity index (χ3n) is 2.85. The van der Waals surface area contributed by atoms with E-state index >= 15 is 0 Å². The topological polar surface area (TPSA) is 107 Å². The van der Waals surface area contributed by atoms with E-state index in [0.29, 0.717) is 24.6 Å². The lowest BCUT2D eigenvalue weighted by atomic mass is 10.3. The van der Waals surface area contributed by atoms with Crippen molar-refractivity contribution in [2.75, 3.05) is 20.3 Å². The van der Waals surface area contributed by atoms with Gasteiger partial charge in [0.2, 0.25) is 0 Å². The first-order valence-corrected chi connectivity index (χ1v) is 9.05. The predicted molar refractivity (Wildman–Crippen MR) is 92.7 cm³/mol. The number of esters is 1. The standard InChI is InChI=1S/C15H17N3O5S2/c1-22-8-13-17-11(9-25-13)14(20)23-7-12(19)18-15(21)16-5-4-10-3-2-6-24-10/h2-3,6,9H,4-5,7-8H2,1H3,(H2,16,18,19,21). The minimum atomic E-state index is -0.730. The van der Waals surface area contributed by atoms with Gasteiger partial charge in [-0.3, -0.25) is 10.1 Å². The van der Waals surface area contributed by atoms with Crippen LogP contribution in [0.3, 0.4) is 0 Å². The Morgan fingerprint density at radius 2 is 2.12 bits per heavy atom. The van der Waals surface area contributed by atoms with Crippen LogP contribution in [0.25, 0.3) is 0 Å². The highest BCUT2D eigenvalue weighted by Crippen LogP contribution is 2.11. The summed E-state index contributed by atoms with van der Waals surface area (Å²) in [6, 6.07) is 3.26. The number of hydrogen-bond acceptors (Lipinski definition) is 8. The molecule has 2 aromatic heterocycles. The monoisotopic (exact) mass is 383 g/mol. The van der Waals surface area contributed by atoms with Crippen LogP contribution >= 0.6 is 22.7 Å². The summed E-state index contributed by atoms with van der Waals surface area (Å²) in [5.41, 5.74) is 0.102. The van der Waals surface area contributed by atoms with Gasteiger partial charge in [-0.25, -0.2) is 14.6 Å². The van der Waals surface area contributed by atoms with Gasteiger partial charge in [0.15, 0.2) is 12.3 Å². The van der Waals surface area contributed by atoms with Crippen molar-refractivity contribution in [3.05, 3.63) is 38.5 Å². The van der Waals surface area contributed by atoms with Crippen LogP contribution in [0.4, 0.5) is 4.79 Å². The Morgan fingerprint density at radius 1 is 1.28 bits per heavy atom. The molecule has 0 atom stereocenters. The molecule has 2 N–H and O–H groups in total. The molecule has 0 spiro atoms. The van der Waals surface area contributed by atoms with Crippen LogP contribution in [-0.2, 0) is 27.3 Å². The number of methoxy groups -OCH3 is 1. The highest BCUT2D eigenvalue weighted by molar-refractivity contribution is 7.10. The van der Waals surface area contributed by atoms with Crippen LogP contribution in [0.5, 0.6) is 0 Å². The molecule has 3 amide bonds. The zero-order chi connectivity index (χ0) is 18.1. The largest absolute Gasteiger partial charge is 0.451 e. The molecule has 0 aliphatic heterocycles. The summed E-state index contributed by atoms with van der Waals surface area (Å²) < 4.78 is 9.73. The summed E-state index contributed by atoms with van der Waals surface area (Å²) in [6.07, 6.45) is 0.682. The Bertz CT molecular complexity index is 715. The molecule has 0 aliphatic carbocycles. The van der Waals surface area contributed by atoms with Gasteiger partial charge in [-0.2, -0.15) is 0 Å². The van der Waals surface area contributed by atoms with Crippen LogP contribution in [0, 0.1) is 0 Å². The van der Waals surface area contributed by atoms with Crippen LogP contribution in [0.2, 0.25) is 0 Å². The first-order chi connectivity index (χ1) is 12.1. The lowest BCUT2D eigenvalue weighted by Crippen LogP contribution is -2.42. The number of ether oxygens (including phenoxy) is 2. The summed E-state index contributed by atoms with van der Waals surface area (Å²) in [6.45, 7) is 0.138. The molecule has 2 heterocycles. The number of aromatic nitrogens is 1.